The highest BCUT2D eigenvalue weighted by atomic mass is 32.2. The first-order chi connectivity index (χ1) is 15.9. The highest BCUT2D eigenvalue weighted by molar-refractivity contribution is 7.89. The summed E-state index contributed by atoms with van der Waals surface area (Å²) in [5.74, 6) is 1.11. The fraction of sp³-hybridized carbons (Fsp3) is 0.273. The molecule has 1 aromatic heterocycles. The van der Waals surface area contributed by atoms with Gasteiger partial charge in [0.2, 0.25) is 27.5 Å². The van der Waals surface area contributed by atoms with E-state index in [4.69, 9.17) is 13.9 Å². The second-order valence-corrected chi connectivity index (χ2v) is 9.12. The number of hydrogen-bond acceptors (Lipinski definition) is 8. The number of sulfonamides is 1. The monoisotopic (exact) mass is 472 g/mol. The number of rotatable bonds is 7. The maximum atomic E-state index is 13.0. The van der Waals surface area contributed by atoms with Crippen LogP contribution in [0.5, 0.6) is 11.5 Å². The molecule has 0 unspecified atom stereocenters. The van der Waals surface area contributed by atoms with Gasteiger partial charge in [-0.15, -0.1) is 0 Å². The third-order valence-electron chi connectivity index (χ3n) is 5.16. The second-order valence-electron chi connectivity index (χ2n) is 7.18. The van der Waals surface area contributed by atoms with E-state index in [1.165, 1.54) is 47.8 Å². The van der Waals surface area contributed by atoms with Gasteiger partial charge in [-0.25, -0.2) is 12.8 Å². The Bertz CT molecular complexity index is 1250. The van der Waals surface area contributed by atoms with Crippen LogP contribution in [-0.2, 0) is 16.6 Å². The van der Waals surface area contributed by atoms with Gasteiger partial charge in [0, 0.05) is 26.2 Å². The van der Waals surface area contributed by atoms with Gasteiger partial charge in [-0.2, -0.15) is 14.6 Å². The lowest BCUT2D eigenvalue weighted by Crippen LogP contribution is -2.48. The van der Waals surface area contributed by atoms with E-state index in [9.17, 15) is 18.1 Å². The molecule has 1 saturated heterocycles. The van der Waals surface area contributed by atoms with E-state index in [2.05, 4.69) is 4.98 Å². The Kier molecular flexibility index (Phi) is 6.48. The lowest BCUT2D eigenvalue weighted by molar-refractivity contribution is 0.262. The summed E-state index contributed by atoms with van der Waals surface area (Å²) in [5.41, 5.74) is 0.0965. The Labute approximate surface area is 190 Å². The normalized spacial score (nSPS) is 14.6. The highest BCUT2D eigenvalue weighted by Crippen LogP contribution is 2.26. The summed E-state index contributed by atoms with van der Waals surface area (Å²) < 4.78 is 56.6. The molecule has 2 aromatic carbocycles. The van der Waals surface area contributed by atoms with E-state index >= 15 is 0 Å². The fourth-order valence-electron chi connectivity index (χ4n) is 3.41. The number of hydrogen-bond donors (Lipinski definition) is 0. The number of halogens is 1. The molecule has 3 aromatic rings. The molecule has 0 radical (unpaired) electrons. The number of nitriles is 1. The average Bonchev–Trinajstić information content (AvgIpc) is 3.27. The summed E-state index contributed by atoms with van der Waals surface area (Å²) in [4.78, 5) is 6.13. The Balaban J connectivity index is 1.41. The summed E-state index contributed by atoms with van der Waals surface area (Å²) in [5, 5.41) is 9.45. The maximum absolute atomic E-state index is 13.0. The van der Waals surface area contributed by atoms with E-state index in [-0.39, 0.29) is 47.9 Å². The molecule has 2 heterocycles. The molecule has 11 heteroatoms. The second kappa shape index (κ2) is 9.48. The zero-order chi connectivity index (χ0) is 23.4. The van der Waals surface area contributed by atoms with Crippen LogP contribution in [0.1, 0.15) is 11.6 Å². The van der Waals surface area contributed by atoms with Crippen LogP contribution >= 0.6 is 0 Å². The van der Waals surface area contributed by atoms with E-state index in [1.54, 1.807) is 17.0 Å². The molecule has 33 heavy (non-hydrogen) atoms. The van der Waals surface area contributed by atoms with Crippen molar-refractivity contribution in [3.8, 4) is 17.6 Å². The summed E-state index contributed by atoms with van der Waals surface area (Å²) in [6, 6.07) is 13.7. The van der Waals surface area contributed by atoms with Crippen molar-refractivity contribution in [2.75, 3.05) is 38.2 Å². The van der Waals surface area contributed by atoms with Gasteiger partial charge >= 0.3 is 0 Å². The SMILES string of the molecule is COc1ccc(S(=O)(=O)N2CCN(c3oc(COc4ccc(F)cc4)nc3C#N)CC2)cc1. The van der Waals surface area contributed by atoms with Gasteiger partial charge in [0.1, 0.15) is 23.4 Å². The minimum atomic E-state index is -3.65. The van der Waals surface area contributed by atoms with Crippen molar-refractivity contribution in [3.63, 3.8) is 0 Å². The van der Waals surface area contributed by atoms with Crippen molar-refractivity contribution in [2.45, 2.75) is 11.5 Å². The van der Waals surface area contributed by atoms with Gasteiger partial charge < -0.3 is 18.8 Å². The zero-order valence-corrected chi connectivity index (χ0v) is 18.6. The lowest BCUT2D eigenvalue weighted by atomic mass is 10.3. The summed E-state index contributed by atoms with van der Waals surface area (Å²) in [7, 11) is -2.14. The smallest absolute Gasteiger partial charge is 0.243 e. The van der Waals surface area contributed by atoms with E-state index < -0.39 is 10.0 Å². The van der Waals surface area contributed by atoms with Crippen LogP contribution in [-0.4, -0.2) is 51.0 Å². The minimum Gasteiger partial charge on any atom is -0.497 e. The number of piperazine rings is 1. The molecule has 0 spiro atoms. The molecule has 0 aliphatic carbocycles. The van der Waals surface area contributed by atoms with Crippen LogP contribution < -0.4 is 14.4 Å². The first-order valence-electron chi connectivity index (χ1n) is 10.1. The highest BCUT2D eigenvalue weighted by Gasteiger charge is 2.31. The molecule has 4 rings (SSSR count). The van der Waals surface area contributed by atoms with Gasteiger partial charge in [0.05, 0.1) is 12.0 Å². The number of benzene rings is 2. The van der Waals surface area contributed by atoms with Crippen molar-refractivity contribution >= 4 is 15.9 Å². The van der Waals surface area contributed by atoms with Gasteiger partial charge in [-0.05, 0) is 48.5 Å². The number of nitrogens with zero attached hydrogens (tertiary/aromatic N) is 4. The predicted molar refractivity (Wildman–Crippen MR) is 116 cm³/mol. The van der Waals surface area contributed by atoms with E-state index in [0.29, 0.717) is 24.6 Å². The van der Waals surface area contributed by atoms with E-state index in [0.717, 1.165) is 0 Å². The lowest BCUT2D eigenvalue weighted by Gasteiger charge is -2.33. The third kappa shape index (κ3) is 4.92. The average molecular weight is 472 g/mol. The Hall–Kier alpha value is -3.62. The van der Waals surface area contributed by atoms with Gasteiger partial charge in [-0.1, -0.05) is 0 Å². The Morgan fingerprint density at radius 1 is 1.06 bits per heavy atom. The Morgan fingerprint density at radius 2 is 1.70 bits per heavy atom. The molecule has 9 nitrogen and oxygen atoms in total. The molecular weight excluding hydrogens is 451 g/mol. The number of ether oxygens (including phenoxy) is 2. The summed E-state index contributed by atoms with van der Waals surface area (Å²) >= 11 is 0. The summed E-state index contributed by atoms with van der Waals surface area (Å²) in [6.45, 7) is 1.07. The third-order valence-corrected chi connectivity index (χ3v) is 7.07. The van der Waals surface area contributed by atoms with Crippen LogP contribution in [0.2, 0.25) is 0 Å². The molecule has 1 fully saturated rings. The molecule has 0 N–H and O–H groups in total. The van der Waals surface area contributed by atoms with Crippen molar-refractivity contribution in [1.82, 2.24) is 9.29 Å². The molecule has 1 aliphatic heterocycles. The number of aromatic nitrogens is 1. The van der Waals surface area contributed by atoms with Gasteiger partial charge in [0.25, 0.3) is 0 Å². The van der Waals surface area contributed by atoms with E-state index in [1.807, 2.05) is 6.07 Å². The first kappa shape index (κ1) is 22.6. The van der Waals surface area contributed by atoms with Crippen LogP contribution in [0.25, 0.3) is 0 Å². The van der Waals surface area contributed by atoms with Crippen LogP contribution in [0.3, 0.4) is 0 Å². The Morgan fingerprint density at radius 3 is 2.30 bits per heavy atom. The van der Waals surface area contributed by atoms with Gasteiger partial charge in [0.15, 0.2) is 6.61 Å². The van der Waals surface area contributed by atoms with Crippen LogP contribution in [0.15, 0.2) is 57.8 Å². The standard InChI is InChI=1S/C22H21FN4O5S/c1-30-17-6-8-19(9-7-17)33(28,29)27-12-10-26(11-13-27)22-20(14-24)25-21(32-22)15-31-18-4-2-16(23)3-5-18/h2-9H,10-13,15H2,1H3. The molecule has 1 aliphatic rings. The van der Waals surface area contributed by atoms with Crippen molar-refractivity contribution in [3.05, 3.63) is 65.9 Å². The minimum absolute atomic E-state index is 0.0356. The number of oxazole rings is 1. The fourth-order valence-corrected chi connectivity index (χ4v) is 4.83. The molecule has 0 saturated carbocycles. The number of methoxy groups -OCH3 is 1. The molecule has 0 bridgehead atoms. The number of anilines is 1. The van der Waals surface area contributed by atoms with Gasteiger partial charge in [-0.3, -0.25) is 0 Å². The quantitative estimate of drug-likeness (QED) is 0.517. The molecule has 0 atom stereocenters. The van der Waals surface area contributed by atoms with Crippen LogP contribution in [0, 0.1) is 17.1 Å². The first-order valence-corrected chi connectivity index (χ1v) is 11.5. The maximum Gasteiger partial charge on any atom is 0.243 e. The molecular formula is C22H21FN4O5S. The van der Waals surface area contributed by atoms with Crippen molar-refractivity contribution in [1.29, 1.82) is 5.26 Å². The van der Waals surface area contributed by atoms with Crippen LogP contribution in [0.4, 0.5) is 10.3 Å². The van der Waals surface area contributed by atoms with Crippen molar-refractivity contribution in [2.24, 2.45) is 0 Å². The molecule has 172 valence electrons. The topological polar surface area (TPSA) is 109 Å². The zero-order valence-electron chi connectivity index (χ0n) is 17.8. The van der Waals surface area contributed by atoms with Crippen molar-refractivity contribution < 1.29 is 26.7 Å². The largest absolute Gasteiger partial charge is 0.497 e. The summed E-state index contributed by atoms with van der Waals surface area (Å²) in [6.07, 6.45) is 0. The predicted octanol–water partition coefficient (Wildman–Crippen LogP) is 2.78. The molecule has 0 amide bonds.